The molecule has 0 aliphatic carbocycles. The van der Waals surface area contributed by atoms with Crippen molar-refractivity contribution in [3.05, 3.63) is 0 Å². The van der Waals surface area contributed by atoms with E-state index in [0.717, 1.165) is 0 Å². The van der Waals surface area contributed by atoms with Crippen LogP contribution in [0.1, 0.15) is 67.7 Å². The van der Waals surface area contributed by atoms with E-state index in [1.54, 1.807) is 39.5 Å². The summed E-state index contributed by atoms with van der Waals surface area (Å²) in [4.78, 5) is 66.6. The average molecular weight is 512 g/mol. The van der Waals surface area contributed by atoms with Crippen molar-refractivity contribution in [2.75, 3.05) is 26.3 Å². The highest BCUT2D eigenvalue weighted by molar-refractivity contribution is 6.01. The number of esters is 2. The molecule has 0 aromatic rings. The Bertz CT molecular complexity index is 814. The van der Waals surface area contributed by atoms with Crippen LogP contribution in [0.2, 0.25) is 0 Å². The Morgan fingerprint density at radius 3 is 2.00 bits per heavy atom. The summed E-state index contributed by atoms with van der Waals surface area (Å²) in [6.45, 7) is 13.2. The molecule has 11 heteroatoms. The number of nitrogens with zero attached hydrogens (tertiary/aromatic N) is 2. The molecule has 0 unspecified atom stereocenters. The van der Waals surface area contributed by atoms with Crippen LogP contribution in [0.4, 0.5) is 4.79 Å². The second-order valence-corrected chi connectivity index (χ2v) is 10.6. The SMILES string of the molecule is CCOC(=O)[C@H]1[C@H](C(=O)OCC)N1C(=O)[C@H]1CCCN(C(=O)[C@H](CC(C)C)NC(=O)OC(C)(C)C)C1. The molecule has 36 heavy (non-hydrogen) atoms. The van der Waals surface area contributed by atoms with E-state index in [0.29, 0.717) is 25.8 Å². The fourth-order valence-corrected chi connectivity index (χ4v) is 4.40. The fraction of sp³-hybridized carbons (Fsp3) is 0.800. The van der Waals surface area contributed by atoms with Crippen molar-refractivity contribution in [3.8, 4) is 0 Å². The van der Waals surface area contributed by atoms with Gasteiger partial charge in [-0.2, -0.15) is 0 Å². The Morgan fingerprint density at radius 1 is 0.972 bits per heavy atom. The van der Waals surface area contributed by atoms with Crippen LogP contribution in [0.5, 0.6) is 0 Å². The number of amides is 3. The molecule has 204 valence electrons. The molecule has 0 aromatic heterocycles. The minimum atomic E-state index is -1.01. The van der Waals surface area contributed by atoms with Gasteiger partial charge in [0.2, 0.25) is 11.8 Å². The van der Waals surface area contributed by atoms with Gasteiger partial charge in [-0.05, 0) is 59.8 Å². The first-order valence-corrected chi connectivity index (χ1v) is 12.7. The summed E-state index contributed by atoms with van der Waals surface area (Å²) in [5.41, 5.74) is -0.707. The lowest BCUT2D eigenvalue weighted by Gasteiger charge is -2.35. The average Bonchev–Trinajstić information content (AvgIpc) is 3.52. The molecule has 0 bridgehead atoms. The number of ether oxygens (including phenoxy) is 3. The van der Waals surface area contributed by atoms with Gasteiger partial charge in [0.05, 0.1) is 19.1 Å². The third kappa shape index (κ3) is 7.83. The van der Waals surface area contributed by atoms with Crippen molar-refractivity contribution in [1.82, 2.24) is 15.1 Å². The zero-order chi connectivity index (χ0) is 27.2. The Morgan fingerprint density at radius 2 is 1.53 bits per heavy atom. The maximum absolute atomic E-state index is 13.4. The first-order valence-electron chi connectivity index (χ1n) is 12.7. The first kappa shape index (κ1) is 29.4. The second kappa shape index (κ2) is 12.4. The van der Waals surface area contributed by atoms with Crippen molar-refractivity contribution >= 4 is 29.8 Å². The molecule has 4 atom stereocenters. The van der Waals surface area contributed by atoms with Crippen LogP contribution in [-0.4, -0.2) is 89.7 Å². The van der Waals surface area contributed by atoms with Crippen molar-refractivity contribution in [1.29, 1.82) is 0 Å². The van der Waals surface area contributed by atoms with Crippen LogP contribution >= 0.6 is 0 Å². The van der Waals surface area contributed by atoms with E-state index in [1.165, 1.54) is 4.90 Å². The molecule has 0 radical (unpaired) electrons. The van der Waals surface area contributed by atoms with Crippen molar-refractivity contribution in [2.45, 2.75) is 91.5 Å². The molecule has 3 amide bonds. The molecule has 2 saturated heterocycles. The van der Waals surface area contributed by atoms with Gasteiger partial charge in [-0.25, -0.2) is 14.4 Å². The predicted octanol–water partition coefficient (Wildman–Crippen LogP) is 1.87. The van der Waals surface area contributed by atoms with Crippen molar-refractivity contribution in [2.24, 2.45) is 11.8 Å². The van der Waals surface area contributed by atoms with E-state index in [1.807, 2.05) is 13.8 Å². The number of hydrogen-bond donors (Lipinski definition) is 1. The van der Waals surface area contributed by atoms with Crippen LogP contribution in [0.3, 0.4) is 0 Å². The third-order valence-corrected chi connectivity index (χ3v) is 5.90. The molecule has 0 spiro atoms. The number of hydrogen-bond acceptors (Lipinski definition) is 8. The molecule has 2 fully saturated rings. The maximum Gasteiger partial charge on any atom is 0.408 e. The molecule has 11 nitrogen and oxygen atoms in total. The number of likely N-dealkylation sites (tertiary alicyclic amines) is 1. The normalized spacial score (nSPS) is 22.5. The maximum atomic E-state index is 13.4. The Kier molecular flexibility index (Phi) is 10.1. The Balaban J connectivity index is 2.12. The largest absolute Gasteiger partial charge is 0.464 e. The Hall–Kier alpha value is -2.85. The lowest BCUT2D eigenvalue weighted by Crippen LogP contribution is -2.53. The summed E-state index contributed by atoms with van der Waals surface area (Å²) in [7, 11) is 0. The van der Waals surface area contributed by atoms with E-state index in [4.69, 9.17) is 14.2 Å². The highest BCUT2D eigenvalue weighted by Crippen LogP contribution is 2.35. The van der Waals surface area contributed by atoms with Gasteiger partial charge in [-0.1, -0.05) is 13.8 Å². The van der Waals surface area contributed by atoms with Gasteiger partial charge in [0.15, 0.2) is 12.1 Å². The van der Waals surface area contributed by atoms with E-state index in [2.05, 4.69) is 5.32 Å². The highest BCUT2D eigenvalue weighted by Gasteiger charge is 2.62. The summed E-state index contributed by atoms with van der Waals surface area (Å²) < 4.78 is 15.4. The minimum Gasteiger partial charge on any atom is -0.464 e. The van der Waals surface area contributed by atoms with Crippen LogP contribution < -0.4 is 5.32 Å². The molecule has 0 saturated carbocycles. The van der Waals surface area contributed by atoms with Crippen LogP contribution in [-0.2, 0) is 33.4 Å². The number of piperidine rings is 1. The highest BCUT2D eigenvalue weighted by atomic mass is 16.6. The number of carbonyl (C=O) groups is 5. The molecule has 2 aliphatic rings. The summed E-state index contributed by atoms with van der Waals surface area (Å²) in [6, 6.07) is -2.82. The van der Waals surface area contributed by atoms with Crippen LogP contribution in [0, 0.1) is 11.8 Å². The van der Waals surface area contributed by atoms with Gasteiger partial charge < -0.3 is 29.3 Å². The lowest BCUT2D eigenvalue weighted by atomic mass is 9.95. The summed E-state index contributed by atoms with van der Waals surface area (Å²) in [5, 5.41) is 2.68. The van der Waals surface area contributed by atoms with Crippen molar-refractivity contribution in [3.63, 3.8) is 0 Å². The van der Waals surface area contributed by atoms with Crippen LogP contribution in [0.25, 0.3) is 0 Å². The summed E-state index contributed by atoms with van der Waals surface area (Å²) >= 11 is 0. The Labute approximate surface area is 213 Å². The molecular weight excluding hydrogens is 470 g/mol. The molecular formula is C25H41N3O8. The van der Waals surface area contributed by atoms with Gasteiger partial charge in [-0.3, -0.25) is 9.59 Å². The van der Waals surface area contributed by atoms with Crippen LogP contribution in [0.15, 0.2) is 0 Å². The van der Waals surface area contributed by atoms with Gasteiger partial charge in [-0.15, -0.1) is 0 Å². The topological polar surface area (TPSA) is 131 Å². The van der Waals surface area contributed by atoms with Gasteiger partial charge in [0.1, 0.15) is 11.6 Å². The fourth-order valence-electron chi connectivity index (χ4n) is 4.40. The van der Waals surface area contributed by atoms with Gasteiger partial charge in [0.25, 0.3) is 0 Å². The van der Waals surface area contributed by atoms with Gasteiger partial charge in [0, 0.05) is 13.1 Å². The summed E-state index contributed by atoms with van der Waals surface area (Å²) in [5.74, 6) is -2.42. The lowest BCUT2D eigenvalue weighted by molar-refractivity contribution is -0.147. The standard InChI is InChI=1S/C25H41N3O8/c1-8-34-22(31)18-19(23(32)35-9-2)28(18)20(29)16-11-10-12-27(14-16)21(30)17(13-15(3)4)26-24(33)36-25(5,6)7/h15-19H,8-14H2,1-7H3,(H,26,33)/t16-,17-,18+,19+/m0/s1. The molecule has 1 N–H and O–H groups in total. The quantitative estimate of drug-likeness (QED) is 0.282. The second-order valence-electron chi connectivity index (χ2n) is 10.6. The molecule has 0 aromatic carbocycles. The zero-order valence-electron chi connectivity index (χ0n) is 22.5. The van der Waals surface area contributed by atoms with Crippen molar-refractivity contribution < 1.29 is 38.2 Å². The number of alkyl carbamates (subject to hydrolysis) is 1. The molecule has 2 aliphatic heterocycles. The number of rotatable bonds is 9. The monoisotopic (exact) mass is 511 g/mol. The molecule has 2 heterocycles. The smallest absolute Gasteiger partial charge is 0.408 e. The third-order valence-electron chi connectivity index (χ3n) is 5.90. The predicted molar refractivity (Wildman–Crippen MR) is 130 cm³/mol. The first-order chi connectivity index (χ1) is 16.8. The number of carbonyl (C=O) groups excluding carboxylic acids is 5. The van der Waals surface area contributed by atoms with E-state index >= 15 is 0 Å². The minimum absolute atomic E-state index is 0.126. The van der Waals surface area contributed by atoms with E-state index < -0.39 is 47.7 Å². The van der Waals surface area contributed by atoms with Gasteiger partial charge >= 0.3 is 18.0 Å². The molecule has 2 rings (SSSR count). The summed E-state index contributed by atoms with van der Waals surface area (Å²) in [6.07, 6.45) is 0.823. The number of nitrogens with one attached hydrogen (secondary N) is 1. The zero-order valence-corrected chi connectivity index (χ0v) is 22.5. The van der Waals surface area contributed by atoms with E-state index in [9.17, 15) is 24.0 Å². The van der Waals surface area contributed by atoms with E-state index in [-0.39, 0.29) is 37.5 Å².